The highest BCUT2D eigenvalue weighted by Crippen LogP contribution is 2.40. The second-order valence-corrected chi connectivity index (χ2v) is 6.19. The number of hydrogen-bond acceptors (Lipinski definition) is 2. The summed E-state index contributed by atoms with van der Waals surface area (Å²) in [5.74, 6) is 0.294. The quantitative estimate of drug-likeness (QED) is 0.780. The van der Waals surface area contributed by atoms with Gasteiger partial charge in [0.2, 0.25) is 0 Å². The van der Waals surface area contributed by atoms with Crippen molar-refractivity contribution < 1.29 is 13.2 Å². The van der Waals surface area contributed by atoms with Crippen LogP contribution in [0.15, 0.2) is 0 Å². The lowest BCUT2D eigenvalue weighted by Crippen LogP contribution is -2.41. The molecule has 0 spiro atoms. The maximum absolute atomic E-state index is 12.8. The predicted molar refractivity (Wildman–Crippen MR) is 63.2 cm³/mol. The van der Waals surface area contributed by atoms with Crippen LogP contribution in [0.3, 0.4) is 0 Å². The molecule has 2 aliphatic heterocycles. The SMILES string of the molecule is FC(F)(F)C1CCCC(N2CC3CNCC3C2)C1. The predicted octanol–water partition coefficient (Wildman–Crippen LogP) is 2.26. The summed E-state index contributed by atoms with van der Waals surface area (Å²) in [5, 5.41) is 3.37. The summed E-state index contributed by atoms with van der Waals surface area (Å²) in [4.78, 5) is 2.34. The normalized spacial score (nSPS) is 42.2. The van der Waals surface area contributed by atoms with Crippen LogP contribution >= 0.6 is 0 Å². The highest BCUT2D eigenvalue weighted by Gasteiger charge is 2.45. The Bertz CT molecular complexity index is 293. The minimum atomic E-state index is -3.99. The Morgan fingerprint density at radius 1 is 1.00 bits per heavy atom. The average molecular weight is 262 g/mol. The first-order valence-electron chi connectivity index (χ1n) is 7.05. The van der Waals surface area contributed by atoms with Gasteiger partial charge in [0, 0.05) is 19.1 Å². The van der Waals surface area contributed by atoms with Crippen molar-refractivity contribution in [2.45, 2.75) is 37.9 Å². The van der Waals surface area contributed by atoms with Gasteiger partial charge in [-0.3, -0.25) is 4.90 Å². The van der Waals surface area contributed by atoms with Gasteiger partial charge < -0.3 is 5.32 Å². The molecule has 3 fully saturated rings. The minimum absolute atomic E-state index is 0.177. The van der Waals surface area contributed by atoms with E-state index in [2.05, 4.69) is 10.2 Å². The monoisotopic (exact) mass is 262 g/mol. The van der Waals surface area contributed by atoms with E-state index in [1.807, 2.05) is 0 Å². The summed E-state index contributed by atoms with van der Waals surface area (Å²) < 4.78 is 38.4. The molecule has 4 atom stereocenters. The molecule has 0 radical (unpaired) electrons. The van der Waals surface area contributed by atoms with Crippen molar-refractivity contribution in [1.82, 2.24) is 10.2 Å². The molecule has 4 unspecified atom stereocenters. The fourth-order valence-corrected chi connectivity index (χ4v) is 3.98. The summed E-state index contributed by atoms with van der Waals surface area (Å²) in [5.41, 5.74) is 0. The summed E-state index contributed by atoms with van der Waals surface area (Å²) in [6, 6.07) is 0.177. The molecule has 5 heteroatoms. The molecule has 0 aromatic rings. The summed E-state index contributed by atoms with van der Waals surface area (Å²) in [7, 11) is 0. The van der Waals surface area contributed by atoms with Gasteiger partial charge >= 0.3 is 6.18 Å². The Morgan fingerprint density at radius 2 is 1.67 bits per heavy atom. The van der Waals surface area contributed by atoms with E-state index < -0.39 is 12.1 Å². The molecule has 0 aromatic heterocycles. The fourth-order valence-electron chi connectivity index (χ4n) is 3.98. The topological polar surface area (TPSA) is 15.3 Å². The number of nitrogens with zero attached hydrogens (tertiary/aromatic N) is 1. The molecule has 3 rings (SSSR count). The maximum Gasteiger partial charge on any atom is 0.391 e. The molecule has 0 bridgehead atoms. The Balaban J connectivity index is 1.60. The van der Waals surface area contributed by atoms with Crippen molar-refractivity contribution in [2.24, 2.45) is 17.8 Å². The maximum atomic E-state index is 12.8. The molecule has 2 nitrogen and oxygen atoms in total. The fraction of sp³-hybridized carbons (Fsp3) is 1.00. The van der Waals surface area contributed by atoms with Gasteiger partial charge in [-0.2, -0.15) is 13.2 Å². The first-order chi connectivity index (χ1) is 8.54. The lowest BCUT2D eigenvalue weighted by Gasteiger charge is -2.36. The Labute approximate surface area is 106 Å². The molecule has 104 valence electrons. The van der Waals surface area contributed by atoms with Crippen LogP contribution in [0, 0.1) is 17.8 Å². The standard InChI is InChI=1S/C13H21F3N2/c14-13(15,16)11-2-1-3-12(4-11)18-7-9-5-17-6-10(9)8-18/h9-12,17H,1-8H2. The van der Waals surface area contributed by atoms with E-state index in [4.69, 9.17) is 0 Å². The number of hydrogen-bond donors (Lipinski definition) is 1. The Hall–Kier alpha value is -0.290. The molecular weight excluding hydrogens is 241 g/mol. The highest BCUT2D eigenvalue weighted by atomic mass is 19.4. The van der Waals surface area contributed by atoms with Gasteiger partial charge in [-0.15, -0.1) is 0 Å². The van der Waals surface area contributed by atoms with Crippen LogP contribution in [-0.4, -0.2) is 43.3 Å². The number of alkyl halides is 3. The Morgan fingerprint density at radius 3 is 2.28 bits per heavy atom. The third-order valence-electron chi connectivity index (χ3n) is 5.04. The van der Waals surface area contributed by atoms with Gasteiger partial charge in [0.25, 0.3) is 0 Å². The first kappa shape index (κ1) is 12.7. The van der Waals surface area contributed by atoms with Gasteiger partial charge in [0.05, 0.1) is 5.92 Å². The largest absolute Gasteiger partial charge is 0.391 e. The molecule has 3 aliphatic rings. The van der Waals surface area contributed by atoms with Crippen molar-refractivity contribution in [3.63, 3.8) is 0 Å². The van der Waals surface area contributed by atoms with Crippen molar-refractivity contribution >= 4 is 0 Å². The van der Waals surface area contributed by atoms with Crippen LogP contribution in [0.25, 0.3) is 0 Å². The zero-order valence-corrected chi connectivity index (χ0v) is 10.5. The number of rotatable bonds is 1. The van der Waals surface area contributed by atoms with Crippen LogP contribution in [0.2, 0.25) is 0 Å². The van der Waals surface area contributed by atoms with E-state index in [1.54, 1.807) is 0 Å². The molecule has 1 N–H and O–H groups in total. The van der Waals surface area contributed by atoms with Gasteiger partial charge in [-0.05, 0) is 44.2 Å². The van der Waals surface area contributed by atoms with Crippen molar-refractivity contribution in [3.05, 3.63) is 0 Å². The molecule has 1 saturated carbocycles. The smallest absolute Gasteiger partial charge is 0.316 e. The van der Waals surface area contributed by atoms with Gasteiger partial charge in [-0.1, -0.05) is 6.42 Å². The van der Waals surface area contributed by atoms with Gasteiger partial charge in [0.1, 0.15) is 0 Å². The molecule has 2 heterocycles. The zero-order chi connectivity index (χ0) is 12.8. The molecule has 2 saturated heterocycles. The molecule has 0 amide bonds. The lowest BCUT2D eigenvalue weighted by molar-refractivity contribution is -0.186. The van der Waals surface area contributed by atoms with Gasteiger partial charge in [0.15, 0.2) is 0 Å². The van der Waals surface area contributed by atoms with Gasteiger partial charge in [-0.25, -0.2) is 0 Å². The molecule has 1 aliphatic carbocycles. The second-order valence-electron chi connectivity index (χ2n) is 6.19. The zero-order valence-electron chi connectivity index (χ0n) is 10.5. The molecule has 18 heavy (non-hydrogen) atoms. The van der Waals surface area contributed by atoms with Crippen molar-refractivity contribution in [1.29, 1.82) is 0 Å². The van der Waals surface area contributed by atoms with Crippen LogP contribution < -0.4 is 5.32 Å². The van der Waals surface area contributed by atoms with E-state index in [-0.39, 0.29) is 6.04 Å². The number of likely N-dealkylation sites (tertiary alicyclic amines) is 1. The van der Waals surface area contributed by atoms with E-state index in [0.717, 1.165) is 39.0 Å². The van der Waals surface area contributed by atoms with Crippen LogP contribution in [-0.2, 0) is 0 Å². The number of fused-ring (bicyclic) bond motifs is 1. The average Bonchev–Trinajstić information content (AvgIpc) is 2.88. The first-order valence-corrected chi connectivity index (χ1v) is 7.05. The lowest BCUT2D eigenvalue weighted by atomic mass is 9.84. The van der Waals surface area contributed by atoms with Crippen LogP contribution in [0.5, 0.6) is 0 Å². The third-order valence-corrected chi connectivity index (χ3v) is 5.04. The van der Waals surface area contributed by atoms with E-state index in [1.165, 1.54) is 0 Å². The highest BCUT2D eigenvalue weighted by molar-refractivity contribution is 4.95. The number of nitrogens with one attached hydrogen (secondary N) is 1. The second kappa shape index (κ2) is 4.67. The van der Waals surface area contributed by atoms with E-state index in [9.17, 15) is 13.2 Å². The number of halogens is 3. The van der Waals surface area contributed by atoms with Crippen LogP contribution in [0.1, 0.15) is 25.7 Å². The van der Waals surface area contributed by atoms with Crippen molar-refractivity contribution in [3.8, 4) is 0 Å². The van der Waals surface area contributed by atoms with Crippen LogP contribution in [0.4, 0.5) is 13.2 Å². The summed E-state index contributed by atoms with van der Waals surface area (Å²) in [6.07, 6.45) is -1.63. The third kappa shape index (κ3) is 2.39. The summed E-state index contributed by atoms with van der Waals surface area (Å²) in [6.45, 7) is 4.12. The molecule has 0 aromatic carbocycles. The van der Waals surface area contributed by atoms with E-state index in [0.29, 0.717) is 24.7 Å². The van der Waals surface area contributed by atoms with E-state index >= 15 is 0 Å². The minimum Gasteiger partial charge on any atom is -0.316 e. The van der Waals surface area contributed by atoms with Crippen molar-refractivity contribution in [2.75, 3.05) is 26.2 Å². The Kier molecular flexibility index (Phi) is 3.30. The molecular formula is C13H21F3N2. The summed E-state index contributed by atoms with van der Waals surface area (Å²) >= 11 is 0.